The summed E-state index contributed by atoms with van der Waals surface area (Å²) < 4.78 is 165. The van der Waals surface area contributed by atoms with Gasteiger partial charge in [-0.15, -0.1) is 0 Å². The molecular weight excluding hydrogens is 983 g/mol. The van der Waals surface area contributed by atoms with Crippen molar-refractivity contribution in [3.63, 3.8) is 0 Å². The molecule has 2 aliphatic rings. The summed E-state index contributed by atoms with van der Waals surface area (Å²) in [5, 5.41) is 0. The van der Waals surface area contributed by atoms with Crippen LogP contribution in [0.15, 0.2) is 49.1 Å². The highest BCUT2D eigenvalue weighted by Crippen LogP contribution is 2.35. The minimum absolute atomic E-state index is 0.0267. The summed E-state index contributed by atoms with van der Waals surface area (Å²) in [7, 11) is -12.2. The second-order valence-corrected chi connectivity index (χ2v) is 16.7. The molecule has 2 aromatic heterocycles. The monoisotopic (exact) mass is 1020 g/mol. The minimum atomic E-state index is -6.09. The third-order valence-electron chi connectivity index (χ3n) is 8.80. The molecule has 0 unspecified atom stereocenters. The molecule has 2 aliphatic heterocycles. The highest BCUT2D eigenvalue weighted by molar-refractivity contribution is 7.86. The lowest BCUT2D eigenvalue weighted by atomic mass is 10.0. The van der Waals surface area contributed by atoms with Crippen LogP contribution in [-0.4, -0.2) is 124 Å². The Morgan fingerprint density at radius 1 is 0.603 bits per heavy atom. The van der Waals surface area contributed by atoms with Crippen LogP contribution in [0.1, 0.15) is 74.7 Å². The van der Waals surface area contributed by atoms with Crippen molar-refractivity contribution in [2.75, 3.05) is 26.4 Å². The SMILES string of the molecule is CC(=O)OC[C@H]1O[C@@H]([n+]2cccc(C(=O)OCC#CCOC(=O)c3ccc[n+]([C@@H]4O[C@H](COC(C)=O)[C@@H](OC(C)=O)[C@H]4C)c3)c2)[C@H](OC(C)=O)[C@@H]1C.O=S(=O)([O-])C(F)(F)F.O=S(=O)([O-])C(F)(F)F. The highest BCUT2D eigenvalue weighted by Gasteiger charge is 2.51. The van der Waals surface area contributed by atoms with Crippen molar-refractivity contribution in [3.8, 4) is 11.8 Å². The van der Waals surface area contributed by atoms with Crippen LogP contribution in [0.5, 0.6) is 0 Å². The Labute approximate surface area is 383 Å². The van der Waals surface area contributed by atoms with Gasteiger partial charge < -0.3 is 47.0 Å². The van der Waals surface area contributed by atoms with Crippen LogP contribution in [0.2, 0.25) is 0 Å². The predicted octanol–water partition coefficient (Wildman–Crippen LogP) is 1.44. The zero-order valence-corrected chi connectivity index (χ0v) is 37.8. The summed E-state index contributed by atoms with van der Waals surface area (Å²) in [6.07, 6.45) is 2.25. The highest BCUT2D eigenvalue weighted by atomic mass is 32.2. The van der Waals surface area contributed by atoms with Crippen LogP contribution in [-0.2, 0) is 77.3 Å². The van der Waals surface area contributed by atoms with Crippen LogP contribution in [0.25, 0.3) is 0 Å². The number of halogens is 6. The number of hydrogen-bond acceptors (Lipinski definition) is 20. The number of alkyl halides is 6. The van der Waals surface area contributed by atoms with Crippen molar-refractivity contribution in [1.82, 2.24) is 0 Å². The number of nitrogens with zero attached hydrogens (tertiary/aromatic N) is 2. The Morgan fingerprint density at radius 2 is 0.971 bits per heavy atom. The van der Waals surface area contributed by atoms with Gasteiger partial charge in [-0.1, -0.05) is 18.8 Å². The molecule has 2 aromatic rings. The molecule has 2 fully saturated rings. The average molecular weight is 1020 g/mol. The standard InChI is InChI=1S/C36H42N2O14.2CHF3O3S/c1-21-29(19-47-23(3)39)51-34(32(21)50-26(6)42)38-14-10-12-28(18-38)36(44)46-16-8-7-15-45-35(43)27-11-9-13-37(17-27)33-22(2)31(49-25(5)41)30(52-33)20-48-24(4)40;2*2-1(3,4)8(5,6)7/h9-14,17-18,21-22,29-34H,15-16,19-20H2,1-6H3;2*(H,5,6,7)/q+2;;/p-2/t21-,22-,29-,30-,31+,32-,33-,34-;;/m1../s1. The molecule has 0 aromatic carbocycles. The van der Waals surface area contributed by atoms with E-state index in [1.165, 1.54) is 46.2 Å². The van der Waals surface area contributed by atoms with Gasteiger partial charge in [0.2, 0.25) is 0 Å². The quantitative estimate of drug-likeness (QED) is 0.0552. The maximum atomic E-state index is 12.8. The first-order chi connectivity index (χ1) is 31.2. The molecule has 4 heterocycles. The van der Waals surface area contributed by atoms with Gasteiger partial charge in [-0.2, -0.15) is 35.5 Å². The van der Waals surface area contributed by atoms with Gasteiger partial charge in [-0.3, -0.25) is 19.2 Å². The van der Waals surface area contributed by atoms with E-state index < -0.39 is 104 Å². The number of esters is 6. The zero-order chi connectivity index (χ0) is 51.9. The topological polar surface area (TPSA) is 298 Å². The molecule has 0 N–H and O–H groups in total. The Kier molecular flexibility index (Phi) is 21.2. The molecule has 68 heavy (non-hydrogen) atoms. The maximum absolute atomic E-state index is 12.8. The number of aromatic nitrogens is 2. The van der Waals surface area contributed by atoms with Crippen LogP contribution in [0, 0.1) is 23.7 Å². The third kappa shape index (κ3) is 18.2. The van der Waals surface area contributed by atoms with Crippen molar-refractivity contribution < 1.29 is 128 Å². The molecule has 30 heteroatoms. The summed E-state index contributed by atoms with van der Waals surface area (Å²) in [5.41, 5.74) is -10.9. The minimum Gasteiger partial charge on any atom is -0.741 e. The fourth-order valence-electron chi connectivity index (χ4n) is 5.79. The Hall–Kier alpha value is -6.00. The number of rotatable bonds is 12. The van der Waals surface area contributed by atoms with E-state index in [0.29, 0.717) is 0 Å². The van der Waals surface area contributed by atoms with Gasteiger partial charge in [0.1, 0.15) is 42.7 Å². The van der Waals surface area contributed by atoms with Gasteiger partial charge in [-0.05, 0) is 19.1 Å². The number of carbonyl (C=O) groups excluding carboxylic acids is 6. The van der Waals surface area contributed by atoms with E-state index in [-0.39, 0.29) is 49.4 Å². The summed E-state index contributed by atoms with van der Waals surface area (Å²) in [6, 6.07) is 6.31. The van der Waals surface area contributed by atoms with E-state index in [1.807, 2.05) is 13.8 Å². The first-order valence-electron chi connectivity index (χ1n) is 19.0. The fourth-order valence-corrected chi connectivity index (χ4v) is 5.79. The summed E-state index contributed by atoms with van der Waals surface area (Å²) in [4.78, 5) is 71.8. The van der Waals surface area contributed by atoms with Gasteiger partial charge in [0.05, 0.1) is 5.92 Å². The molecule has 2 saturated heterocycles. The summed E-state index contributed by atoms with van der Waals surface area (Å²) in [5.74, 6) is 1.26. The van der Waals surface area contributed by atoms with Gasteiger partial charge >= 0.3 is 53.1 Å². The second-order valence-electron chi connectivity index (χ2n) is 14.0. The van der Waals surface area contributed by atoms with E-state index in [0.717, 1.165) is 0 Å². The lowest BCUT2D eigenvalue weighted by Gasteiger charge is -2.19. The van der Waals surface area contributed by atoms with Crippen molar-refractivity contribution in [1.29, 1.82) is 0 Å². The van der Waals surface area contributed by atoms with E-state index in [9.17, 15) is 55.1 Å². The van der Waals surface area contributed by atoms with Crippen LogP contribution < -0.4 is 9.13 Å². The van der Waals surface area contributed by atoms with Crippen LogP contribution in [0.4, 0.5) is 26.3 Å². The number of carbonyl (C=O) groups is 6. The van der Waals surface area contributed by atoms with Gasteiger partial charge in [0.15, 0.2) is 64.3 Å². The first-order valence-corrected chi connectivity index (χ1v) is 21.8. The lowest BCUT2D eigenvalue weighted by Crippen LogP contribution is -2.46. The summed E-state index contributed by atoms with van der Waals surface area (Å²) in [6.45, 7) is 8.03. The molecule has 0 saturated carbocycles. The molecule has 0 aliphatic carbocycles. The molecule has 8 atom stereocenters. The van der Waals surface area contributed by atoms with E-state index in [2.05, 4.69) is 11.8 Å². The number of pyridine rings is 2. The molecule has 378 valence electrons. The predicted molar refractivity (Wildman–Crippen MR) is 204 cm³/mol. The Balaban J connectivity index is 0.000000844. The zero-order valence-electron chi connectivity index (χ0n) is 36.2. The summed E-state index contributed by atoms with van der Waals surface area (Å²) >= 11 is 0. The number of ether oxygens (including phenoxy) is 8. The lowest BCUT2D eigenvalue weighted by molar-refractivity contribution is -0.765. The molecular formula is C38H42F6N2O20S2. The maximum Gasteiger partial charge on any atom is 0.485 e. The van der Waals surface area contributed by atoms with Gasteiger partial charge in [0.25, 0.3) is 6.23 Å². The van der Waals surface area contributed by atoms with Crippen molar-refractivity contribution >= 4 is 56.1 Å². The molecule has 4 rings (SSSR count). The fraction of sp³-hybridized carbons (Fsp3) is 0.526. The number of hydrogen-bond donors (Lipinski definition) is 0. The second kappa shape index (κ2) is 24.9. The van der Waals surface area contributed by atoms with Crippen LogP contribution >= 0.6 is 0 Å². The molecule has 22 nitrogen and oxygen atoms in total. The Bertz CT molecular complexity index is 2380. The van der Waals surface area contributed by atoms with Gasteiger partial charge in [0, 0.05) is 45.7 Å². The van der Waals surface area contributed by atoms with Crippen LogP contribution in [0.3, 0.4) is 0 Å². The first kappa shape index (κ1) is 58.1. The molecule has 0 radical (unpaired) electrons. The molecule has 0 spiro atoms. The third-order valence-corrected chi connectivity index (χ3v) is 9.93. The van der Waals surface area contributed by atoms with Gasteiger partial charge in [-0.25, -0.2) is 26.4 Å². The van der Waals surface area contributed by atoms with E-state index >= 15 is 0 Å². The smallest absolute Gasteiger partial charge is 0.485 e. The average Bonchev–Trinajstić information content (AvgIpc) is 3.69. The van der Waals surface area contributed by atoms with Crippen molar-refractivity contribution in [3.05, 3.63) is 60.2 Å². The van der Waals surface area contributed by atoms with Crippen molar-refractivity contribution in [2.45, 2.75) is 89.4 Å². The Morgan fingerprint density at radius 3 is 1.35 bits per heavy atom. The normalized spacial score (nSPS) is 22.3. The van der Waals surface area contributed by atoms with Crippen molar-refractivity contribution in [2.24, 2.45) is 11.8 Å². The van der Waals surface area contributed by atoms with E-state index in [1.54, 1.807) is 39.7 Å². The molecule has 0 bridgehead atoms. The van der Waals surface area contributed by atoms with E-state index in [4.69, 9.17) is 63.8 Å². The largest absolute Gasteiger partial charge is 0.741 e. The molecule has 0 amide bonds.